The molecule has 1 aromatic heterocycles. The molecule has 0 aliphatic heterocycles. The lowest BCUT2D eigenvalue weighted by Gasteiger charge is -2.25. The van der Waals surface area contributed by atoms with E-state index in [0.717, 1.165) is 24.5 Å². The fourth-order valence-corrected chi connectivity index (χ4v) is 1.69. The van der Waals surface area contributed by atoms with E-state index in [-0.39, 0.29) is 0 Å². The van der Waals surface area contributed by atoms with E-state index < -0.39 is 6.10 Å². The number of nitrogens with zero attached hydrogens (tertiary/aromatic N) is 2. The minimum Gasteiger partial charge on any atom is -0.387 e. The molecule has 3 heteroatoms. The van der Waals surface area contributed by atoms with Crippen molar-refractivity contribution >= 4 is 5.69 Å². The molecule has 0 aliphatic carbocycles. The first-order valence-corrected chi connectivity index (χ1v) is 5.93. The minimum absolute atomic E-state index is 0.491. The molecule has 0 saturated carbocycles. The van der Waals surface area contributed by atoms with E-state index in [4.69, 9.17) is 0 Å². The molecule has 0 spiro atoms. The molecular weight excluding hydrogens is 200 g/mol. The Balaban J connectivity index is 2.78. The van der Waals surface area contributed by atoms with Crippen molar-refractivity contribution in [2.75, 3.05) is 18.0 Å². The molecule has 3 nitrogen and oxygen atoms in total. The predicted molar refractivity (Wildman–Crippen MR) is 67.6 cm³/mol. The lowest BCUT2D eigenvalue weighted by molar-refractivity contribution is 0.194. The van der Waals surface area contributed by atoms with Crippen molar-refractivity contribution in [3.05, 3.63) is 24.0 Å². The van der Waals surface area contributed by atoms with E-state index >= 15 is 0 Å². The Labute approximate surface area is 98.1 Å². The van der Waals surface area contributed by atoms with Gasteiger partial charge in [0.1, 0.15) is 0 Å². The van der Waals surface area contributed by atoms with Gasteiger partial charge in [0, 0.05) is 13.1 Å². The first-order valence-electron chi connectivity index (χ1n) is 5.93. The zero-order chi connectivity index (χ0) is 12.1. The Morgan fingerprint density at radius 2 is 2.00 bits per heavy atom. The Morgan fingerprint density at radius 1 is 1.31 bits per heavy atom. The van der Waals surface area contributed by atoms with Crippen LogP contribution in [0.1, 0.15) is 39.5 Å². The second-order valence-corrected chi connectivity index (χ2v) is 4.55. The zero-order valence-corrected chi connectivity index (χ0v) is 10.6. The van der Waals surface area contributed by atoms with E-state index in [1.165, 1.54) is 0 Å². The van der Waals surface area contributed by atoms with Crippen molar-refractivity contribution in [3.8, 4) is 0 Å². The molecule has 0 aromatic carbocycles. The second-order valence-electron chi connectivity index (χ2n) is 4.55. The van der Waals surface area contributed by atoms with Gasteiger partial charge in [0.25, 0.3) is 0 Å². The van der Waals surface area contributed by atoms with Crippen LogP contribution < -0.4 is 4.90 Å². The number of aliphatic hydroxyl groups is 1. The largest absolute Gasteiger partial charge is 0.387 e. The SMILES string of the molecule is CCN(CC(C)C)c1ccc([C@H](C)O)nc1. The number of aromatic nitrogens is 1. The molecule has 0 aliphatic rings. The molecule has 90 valence electrons. The van der Waals surface area contributed by atoms with Crippen LogP contribution in [0.15, 0.2) is 18.3 Å². The minimum atomic E-state index is -0.491. The third-order valence-corrected chi connectivity index (χ3v) is 2.53. The van der Waals surface area contributed by atoms with Gasteiger partial charge in [0.05, 0.1) is 23.7 Å². The van der Waals surface area contributed by atoms with Crippen LogP contribution in [0.2, 0.25) is 0 Å². The third-order valence-electron chi connectivity index (χ3n) is 2.53. The van der Waals surface area contributed by atoms with Crippen LogP contribution in [0.25, 0.3) is 0 Å². The van der Waals surface area contributed by atoms with Gasteiger partial charge in [0.2, 0.25) is 0 Å². The molecule has 1 atom stereocenters. The monoisotopic (exact) mass is 222 g/mol. The van der Waals surface area contributed by atoms with Crippen LogP contribution in [-0.2, 0) is 0 Å². The summed E-state index contributed by atoms with van der Waals surface area (Å²) in [5.41, 5.74) is 1.85. The van der Waals surface area contributed by atoms with Crippen molar-refractivity contribution in [2.45, 2.75) is 33.8 Å². The Bertz CT molecular complexity index is 306. The van der Waals surface area contributed by atoms with Gasteiger partial charge in [-0.05, 0) is 31.9 Å². The summed E-state index contributed by atoms with van der Waals surface area (Å²) in [5, 5.41) is 9.38. The smallest absolute Gasteiger partial charge is 0.0931 e. The number of aliphatic hydroxyl groups excluding tert-OH is 1. The van der Waals surface area contributed by atoms with Gasteiger partial charge in [0.15, 0.2) is 0 Å². The maximum atomic E-state index is 9.38. The van der Waals surface area contributed by atoms with Crippen molar-refractivity contribution in [1.29, 1.82) is 0 Å². The number of hydrogen-bond donors (Lipinski definition) is 1. The standard InChI is InChI=1S/C13H22N2O/c1-5-15(9-10(2)3)12-6-7-13(11(4)16)14-8-12/h6-8,10-11,16H,5,9H2,1-4H3/t11-/m0/s1. The summed E-state index contributed by atoms with van der Waals surface area (Å²) in [6.45, 7) is 10.3. The molecule has 1 heterocycles. The highest BCUT2D eigenvalue weighted by atomic mass is 16.3. The van der Waals surface area contributed by atoms with Crippen molar-refractivity contribution < 1.29 is 5.11 Å². The Hall–Kier alpha value is -1.09. The fraction of sp³-hybridized carbons (Fsp3) is 0.615. The van der Waals surface area contributed by atoms with Gasteiger partial charge < -0.3 is 10.0 Å². The average molecular weight is 222 g/mol. The number of pyridine rings is 1. The molecule has 0 fully saturated rings. The van der Waals surface area contributed by atoms with Gasteiger partial charge in [-0.1, -0.05) is 13.8 Å². The van der Waals surface area contributed by atoms with E-state index in [1.54, 1.807) is 6.92 Å². The number of rotatable bonds is 5. The molecule has 0 saturated heterocycles. The zero-order valence-electron chi connectivity index (χ0n) is 10.6. The average Bonchev–Trinajstić information content (AvgIpc) is 2.25. The van der Waals surface area contributed by atoms with Crippen molar-refractivity contribution in [3.63, 3.8) is 0 Å². The molecular formula is C13H22N2O. The molecule has 1 N–H and O–H groups in total. The lowest BCUT2D eigenvalue weighted by atomic mass is 10.2. The number of hydrogen-bond acceptors (Lipinski definition) is 3. The Morgan fingerprint density at radius 3 is 2.38 bits per heavy atom. The van der Waals surface area contributed by atoms with Crippen LogP contribution in [0.3, 0.4) is 0 Å². The first-order chi connectivity index (χ1) is 7.54. The van der Waals surface area contributed by atoms with Gasteiger partial charge in [-0.15, -0.1) is 0 Å². The summed E-state index contributed by atoms with van der Waals surface area (Å²) in [6, 6.07) is 3.92. The summed E-state index contributed by atoms with van der Waals surface area (Å²) in [6.07, 6.45) is 1.35. The summed E-state index contributed by atoms with van der Waals surface area (Å²) >= 11 is 0. The fourth-order valence-electron chi connectivity index (χ4n) is 1.69. The molecule has 16 heavy (non-hydrogen) atoms. The van der Waals surface area contributed by atoms with Crippen LogP contribution >= 0.6 is 0 Å². The normalized spacial score (nSPS) is 12.9. The predicted octanol–water partition coefficient (Wildman–Crippen LogP) is 2.62. The van der Waals surface area contributed by atoms with Crippen molar-refractivity contribution in [2.24, 2.45) is 5.92 Å². The van der Waals surface area contributed by atoms with Gasteiger partial charge in [-0.2, -0.15) is 0 Å². The molecule has 0 radical (unpaired) electrons. The highest BCUT2D eigenvalue weighted by Crippen LogP contribution is 2.17. The summed E-state index contributed by atoms with van der Waals surface area (Å²) in [5.74, 6) is 0.636. The van der Waals surface area contributed by atoms with Crippen LogP contribution in [-0.4, -0.2) is 23.2 Å². The molecule has 0 unspecified atom stereocenters. The molecule has 0 bridgehead atoms. The van der Waals surface area contributed by atoms with Gasteiger partial charge in [-0.3, -0.25) is 4.98 Å². The van der Waals surface area contributed by atoms with E-state index in [9.17, 15) is 5.11 Å². The summed E-state index contributed by atoms with van der Waals surface area (Å²) < 4.78 is 0. The summed E-state index contributed by atoms with van der Waals surface area (Å²) in [7, 11) is 0. The molecule has 1 aromatic rings. The van der Waals surface area contributed by atoms with E-state index in [1.807, 2.05) is 18.3 Å². The van der Waals surface area contributed by atoms with Crippen LogP contribution in [0, 0.1) is 5.92 Å². The topological polar surface area (TPSA) is 36.4 Å². The van der Waals surface area contributed by atoms with Crippen molar-refractivity contribution in [1.82, 2.24) is 4.98 Å². The van der Waals surface area contributed by atoms with Gasteiger partial charge in [-0.25, -0.2) is 0 Å². The molecule has 0 amide bonds. The van der Waals surface area contributed by atoms with Crippen LogP contribution in [0.4, 0.5) is 5.69 Å². The third kappa shape index (κ3) is 3.49. The highest BCUT2D eigenvalue weighted by molar-refractivity contribution is 5.44. The first kappa shape index (κ1) is 13.0. The van der Waals surface area contributed by atoms with E-state index in [2.05, 4.69) is 30.7 Å². The summed E-state index contributed by atoms with van der Waals surface area (Å²) in [4.78, 5) is 6.56. The lowest BCUT2D eigenvalue weighted by Crippen LogP contribution is -2.27. The maximum Gasteiger partial charge on any atom is 0.0931 e. The number of anilines is 1. The van der Waals surface area contributed by atoms with Crippen LogP contribution in [0.5, 0.6) is 0 Å². The molecule has 1 rings (SSSR count). The van der Waals surface area contributed by atoms with E-state index in [0.29, 0.717) is 5.92 Å². The maximum absolute atomic E-state index is 9.38. The second kappa shape index (κ2) is 5.85. The van der Waals surface area contributed by atoms with Gasteiger partial charge >= 0.3 is 0 Å². The quantitative estimate of drug-likeness (QED) is 0.832. The highest BCUT2D eigenvalue weighted by Gasteiger charge is 2.08. The Kier molecular flexibility index (Phi) is 4.74.